The quantitative estimate of drug-likeness (QED) is 0.724. The first-order valence-electron chi connectivity index (χ1n) is 7.25. The van der Waals surface area contributed by atoms with E-state index in [0.29, 0.717) is 23.3 Å². The normalized spacial score (nSPS) is 11.1. The third kappa shape index (κ3) is 3.55. The number of carbonyl (C=O) groups is 1. The predicted octanol–water partition coefficient (Wildman–Crippen LogP) is 2.72. The van der Waals surface area contributed by atoms with Gasteiger partial charge in [0.1, 0.15) is 5.65 Å². The van der Waals surface area contributed by atoms with Gasteiger partial charge in [-0.2, -0.15) is 0 Å². The highest BCUT2D eigenvalue weighted by atomic mass is 35.5. The molecule has 0 aliphatic rings. The van der Waals surface area contributed by atoms with Gasteiger partial charge in [-0.15, -0.1) is 0 Å². The number of carbonyl (C=O) groups excluding carboxylic acids is 1. The molecular weight excluding hydrogens is 328 g/mol. The minimum Gasteiger partial charge on any atom is -0.481 e. The molecule has 1 amide bonds. The Kier molecular flexibility index (Phi) is 4.77. The Balaban J connectivity index is 1.65. The van der Waals surface area contributed by atoms with Crippen molar-refractivity contribution in [3.63, 3.8) is 0 Å². The molecule has 0 bridgehead atoms. The molecule has 0 radical (unpaired) electrons. The number of ether oxygens (including phenoxy) is 1. The van der Waals surface area contributed by atoms with Crippen LogP contribution in [-0.2, 0) is 11.3 Å². The summed E-state index contributed by atoms with van der Waals surface area (Å²) in [6, 6.07) is 9.19. The van der Waals surface area contributed by atoms with Crippen molar-refractivity contribution in [3.8, 4) is 5.88 Å². The molecule has 24 heavy (non-hydrogen) atoms. The highest BCUT2D eigenvalue weighted by Crippen LogP contribution is 2.18. The van der Waals surface area contributed by atoms with Crippen molar-refractivity contribution in [1.29, 1.82) is 0 Å². The summed E-state index contributed by atoms with van der Waals surface area (Å²) in [6.45, 7) is 0.376. The van der Waals surface area contributed by atoms with Gasteiger partial charge in [0.15, 0.2) is 5.15 Å². The molecule has 0 fully saturated rings. The number of fused-ring (bicyclic) bond motifs is 1. The molecule has 3 aromatic heterocycles. The summed E-state index contributed by atoms with van der Waals surface area (Å²) in [5, 5.41) is 3.14. The minimum atomic E-state index is -0.229. The number of amides is 1. The molecule has 0 spiro atoms. The minimum absolute atomic E-state index is 0.229. The van der Waals surface area contributed by atoms with Gasteiger partial charge in [0, 0.05) is 31.1 Å². The van der Waals surface area contributed by atoms with E-state index < -0.39 is 0 Å². The predicted molar refractivity (Wildman–Crippen MR) is 91.9 cm³/mol. The van der Waals surface area contributed by atoms with E-state index in [9.17, 15) is 4.79 Å². The summed E-state index contributed by atoms with van der Waals surface area (Å²) in [5.41, 5.74) is 2.27. The average Bonchev–Trinajstić information content (AvgIpc) is 2.93. The van der Waals surface area contributed by atoms with Crippen molar-refractivity contribution >= 4 is 29.2 Å². The van der Waals surface area contributed by atoms with E-state index in [0.717, 1.165) is 11.2 Å². The molecule has 0 saturated carbocycles. The lowest BCUT2D eigenvalue weighted by atomic mass is 10.3. The van der Waals surface area contributed by atoms with E-state index in [-0.39, 0.29) is 5.91 Å². The van der Waals surface area contributed by atoms with Gasteiger partial charge >= 0.3 is 0 Å². The van der Waals surface area contributed by atoms with Gasteiger partial charge < -0.3 is 10.1 Å². The summed E-state index contributed by atoms with van der Waals surface area (Å²) in [6.07, 6.45) is 6.57. The van der Waals surface area contributed by atoms with Crippen LogP contribution in [0.2, 0.25) is 5.15 Å². The Morgan fingerprint density at radius 1 is 1.38 bits per heavy atom. The van der Waals surface area contributed by atoms with Crippen LogP contribution in [0.3, 0.4) is 0 Å². The van der Waals surface area contributed by atoms with E-state index in [1.807, 2.05) is 34.9 Å². The molecule has 7 heteroatoms. The summed E-state index contributed by atoms with van der Waals surface area (Å²) >= 11 is 6.12. The number of halogens is 1. The molecular formula is C17H15ClN4O2. The second kappa shape index (κ2) is 7.14. The van der Waals surface area contributed by atoms with Crippen LogP contribution in [0.25, 0.3) is 11.7 Å². The number of hydrogen-bond donors (Lipinski definition) is 1. The van der Waals surface area contributed by atoms with Crippen LogP contribution >= 0.6 is 11.6 Å². The molecule has 0 aliphatic heterocycles. The van der Waals surface area contributed by atoms with Gasteiger partial charge in [-0.25, -0.2) is 9.97 Å². The topological polar surface area (TPSA) is 68.5 Å². The number of nitrogens with zero attached hydrogens (tertiary/aromatic N) is 3. The van der Waals surface area contributed by atoms with E-state index in [4.69, 9.17) is 16.3 Å². The van der Waals surface area contributed by atoms with Crippen LogP contribution < -0.4 is 10.1 Å². The van der Waals surface area contributed by atoms with Crippen LogP contribution in [0.15, 0.2) is 48.8 Å². The van der Waals surface area contributed by atoms with Crippen molar-refractivity contribution < 1.29 is 9.53 Å². The van der Waals surface area contributed by atoms with E-state index in [1.54, 1.807) is 25.4 Å². The zero-order valence-corrected chi connectivity index (χ0v) is 13.7. The number of nitrogens with one attached hydrogen (secondary N) is 1. The lowest BCUT2D eigenvalue weighted by molar-refractivity contribution is -0.116. The van der Waals surface area contributed by atoms with Crippen molar-refractivity contribution in [2.75, 3.05) is 7.11 Å². The molecule has 122 valence electrons. The fourth-order valence-electron chi connectivity index (χ4n) is 2.17. The number of imidazole rings is 1. The third-order valence-electron chi connectivity index (χ3n) is 3.39. The van der Waals surface area contributed by atoms with E-state index in [2.05, 4.69) is 15.3 Å². The SMILES string of the molecule is COc1ccc(CNC(=O)/C=C/c2c(Cl)nc3ccccn23)cn1. The van der Waals surface area contributed by atoms with Gasteiger partial charge in [-0.05, 0) is 23.8 Å². The van der Waals surface area contributed by atoms with Crippen LogP contribution in [0.1, 0.15) is 11.3 Å². The molecule has 0 aliphatic carbocycles. The Hall–Kier alpha value is -2.86. The smallest absolute Gasteiger partial charge is 0.244 e. The molecule has 0 unspecified atom stereocenters. The molecule has 3 aromatic rings. The Morgan fingerprint density at radius 2 is 2.25 bits per heavy atom. The molecule has 3 heterocycles. The molecule has 0 atom stereocenters. The lowest BCUT2D eigenvalue weighted by Gasteiger charge is -2.03. The van der Waals surface area contributed by atoms with Gasteiger partial charge in [0.05, 0.1) is 12.8 Å². The second-order valence-corrected chi connectivity index (χ2v) is 5.33. The first-order chi connectivity index (χ1) is 11.7. The Bertz CT molecular complexity index is 887. The van der Waals surface area contributed by atoms with Gasteiger partial charge in [0.2, 0.25) is 11.8 Å². The van der Waals surface area contributed by atoms with Gasteiger partial charge in [-0.3, -0.25) is 9.20 Å². The van der Waals surface area contributed by atoms with Crippen LogP contribution in [0.4, 0.5) is 0 Å². The van der Waals surface area contributed by atoms with Crippen molar-refractivity contribution in [2.45, 2.75) is 6.54 Å². The zero-order chi connectivity index (χ0) is 16.9. The fraction of sp³-hybridized carbons (Fsp3) is 0.118. The first-order valence-corrected chi connectivity index (χ1v) is 7.62. The lowest BCUT2D eigenvalue weighted by Crippen LogP contribution is -2.20. The highest BCUT2D eigenvalue weighted by Gasteiger charge is 2.07. The van der Waals surface area contributed by atoms with Gasteiger partial charge in [0.25, 0.3) is 0 Å². The van der Waals surface area contributed by atoms with E-state index in [1.165, 1.54) is 6.08 Å². The second-order valence-electron chi connectivity index (χ2n) is 4.98. The van der Waals surface area contributed by atoms with Crippen LogP contribution in [0.5, 0.6) is 5.88 Å². The Morgan fingerprint density at radius 3 is 3.00 bits per heavy atom. The highest BCUT2D eigenvalue weighted by molar-refractivity contribution is 6.31. The van der Waals surface area contributed by atoms with Crippen molar-refractivity contribution in [1.82, 2.24) is 19.7 Å². The van der Waals surface area contributed by atoms with Crippen molar-refractivity contribution in [3.05, 3.63) is 65.2 Å². The fourth-order valence-corrected chi connectivity index (χ4v) is 2.41. The maximum Gasteiger partial charge on any atom is 0.244 e. The summed E-state index contributed by atoms with van der Waals surface area (Å²) in [4.78, 5) is 20.3. The maximum absolute atomic E-state index is 12.0. The molecule has 3 rings (SSSR count). The van der Waals surface area contributed by atoms with Crippen LogP contribution in [-0.4, -0.2) is 27.4 Å². The number of rotatable bonds is 5. The molecule has 0 aromatic carbocycles. The van der Waals surface area contributed by atoms with Crippen molar-refractivity contribution in [2.24, 2.45) is 0 Å². The van der Waals surface area contributed by atoms with Crippen LogP contribution in [0, 0.1) is 0 Å². The zero-order valence-electron chi connectivity index (χ0n) is 12.9. The average molecular weight is 343 g/mol. The molecule has 0 saturated heterocycles. The number of aromatic nitrogens is 3. The number of hydrogen-bond acceptors (Lipinski definition) is 4. The van der Waals surface area contributed by atoms with Gasteiger partial charge in [-0.1, -0.05) is 23.7 Å². The molecule has 1 N–H and O–H groups in total. The standard InChI is InChI=1S/C17H15ClN4O2/c1-24-16-8-5-12(11-20-16)10-19-15(23)7-6-13-17(18)21-14-4-2-3-9-22(13)14/h2-9,11H,10H2,1H3,(H,19,23)/b7-6+. The maximum atomic E-state index is 12.0. The van der Waals surface area contributed by atoms with E-state index >= 15 is 0 Å². The summed E-state index contributed by atoms with van der Waals surface area (Å²) in [7, 11) is 1.56. The number of methoxy groups -OCH3 is 1. The summed E-state index contributed by atoms with van der Waals surface area (Å²) in [5.74, 6) is 0.306. The third-order valence-corrected chi connectivity index (χ3v) is 3.67. The number of pyridine rings is 2. The first kappa shape index (κ1) is 16.0. The largest absolute Gasteiger partial charge is 0.481 e. The monoisotopic (exact) mass is 342 g/mol. The summed E-state index contributed by atoms with van der Waals surface area (Å²) < 4.78 is 6.81. The Labute approximate surface area is 143 Å². The molecule has 6 nitrogen and oxygen atoms in total.